The highest BCUT2D eigenvalue weighted by atomic mass is 16.3. The number of benzene rings is 1. The zero-order chi connectivity index (χ0) is 54.9. The fourth-order valence-electron chi connectivity index (χ4n) is 7.27. The molecule has 404 valence electrons. The number of phenols is 1. The van der Waals surface area contributed by atoms with Crippen molar-refractivity contribution in [1.29, 1.82) is 0 Å². The first-order valence-corrected chi connectivity index (χ1v) is 24.1. The van der Waals surface area contributed by atoms with E-state index in [1.54, 1.807) is 41.5 Å². The number of aromatic nitrogens is 2. The zero-order valence-electron chi connectivity index (χ0n) is 42.5. The molecule has 10 amide bonds. The van der Waals surface area contributed by atoms with Crippen LogP contribution in [-0.4, -0.2) is 135 Å². The number of carbonyl (C=O) groups excluding carboxylic acids is 10. The topological polar surface area (TPSA) is 432 Å². The summed E-state index contributed by atoms with van der Waals surface area (Å²) < 4.78 is 0. The molecule has 0 saturated carbocycles. The summed E-state index contributed by atoms with van der Waals surface area (Å²) in [6, 6.07) is -3.01. The molecule has 8 atom stereocenters. The Morgan fingerprint density at radius 2 is 1.25 bits per heavy atom. The lowest BCUT2D eigenvalue weighted by molar-refractivity contribution is -0.136. The third kappa shape index (κ3) is 22.9. The number of nitrogens with two attached hydrogens (primary N) is 4. The van der Waals surface area contributed by atoms with Gasteiger partial charge in [0.2, 0.25) is 59.1 Å². The fraction of sp³-hybridized carbons (Fsp3) is 0.574. The molecule has 0 fully saturated rings. The molecule has 73 heavy (non-hydrogen) atoms. The molecular weight excluding hydrogens is 951 g/mol. The molecule has 18 N–H and O–H groups in total. The van der Waals surface area contributed by atoms with Crippen molar-refractivity contribution in [2.75, 3.05) is 13.1 Å². The van der Waals surface area contributed by atoms with Crippen molar-refractivity contribution in [3.8, 4) is 5.75 Å². The van der Waals surface area contributed by atoms with E-state index in [0.717, 1.165) is 0 Å². The van der Waals surface area contributed by atoms with Crippen molar-refractivity contribution < 1.29 is 53.1 Å². The standard InChI is InChI=1S/C47H75N15O11/c1-8-26(6)39(46(73)58-31(40(49)67)15-16-36(48)65)62-44(71)34(19-28-11-13-30(64)14-12-28)60-45(72)38(25(4)5)61-43(70)33(18-24(2)3)59-42(69)35(20-29-21-52-23-55-29)57-37(66)22-54-41(68)32(56-27(7)63)10-9-17-53-47(50)51/h11-14,21,23-26,31-35,38-39,64H,8-10,15-20,22H2,1-7H3,(H2,48,65)(H2,49,67)(H,52,55)(H,54,68)(H,56,63)(H,57,66)(H,58,73)(H,59,69)(H,60,72)(H,61,70)(H,62,71)(H4,50,51,53)/t26-,31-,32-,33-,34-,35-,38-,39-/m0/s1. The highest BCUT2D eigenvalue weighted by molar-refractivity contribution is 5.98. The van der Waals surface area contributed by atoms with Gasteiger partial charge in [-0.05, 0) is 61.1 Å². The van der Waals surface area contributed by atoms with Gasteiger partial charge in [0.1, 0.15) is 48.0 Å². The molecule has 0 aliphatic carbocycles. The average Bonchev–Trinajstić information content (AvgIpc) is 3.83. The predicted molar refractivity (Wildman–Crippen MR) is 268 cm³/mol. The van der Waals surface area contributed by atoms with Gasteiger partial charge in [-0.15, -0.1) is 0 Å². The molecule has 0 aliphatic heterocycles. The van der Waals surface area contributed by atoms with Crippen LogP contribution in [0.3, 0.4) is 0 Å². The first kappa shape index (κ1) is 61.3. The summed E-state index contributed by atoms with van der Waals surface area (Å²) in [5.41, 5.74) is 22.4. The van der Waals surface area contributed by atoms with E-state index in [1.807, 2.05) is 0 Å². The van der Waals surface area contributed by atoms with Crippen LogP contribution in [0, 0.1) is 17.8 Å². The Bertz CT molecular complexity index is 2220. The first-order valence-electron chi connectivity index (χ1n) is 24.1. The molecule has 1 heterocycles. The maximum absolute atomic E-state index is 14.3. The molecular formula is C47H75N15O11. The second-order valence-electron chi connectivity index (χ2n) is 18.5. The molecule has 0 aliphatic rings. The van der Waals surface area contributed by atoms with Gasteiger partial charge in [0.05, 0.1) is 12.9 Å². The summed E-state index contributed by atoms with van der Waals surface area (Å²) >= 11 is 0. The number of phenolic OH excluding ortho intramolecular Hbond substituents is 1. The minimum atomic E-state index is -1.38. The van der Waals surface area contributed by atoms with Gasteiger partial charge in [0.25, 0.3) is 0 Å². The van der Waals surface area contributed by atoms with Crippen LogP contribution in [0.1, 0.15) is 98.2 Å². The average molecular weight is 1030 g/mol. The molecule has 0 bridgehead atoms. The van der Waals surface area contributed by atoms with E-state index in [0.29, 0.717) is 24.1 Å². The maximum atomic E-state index is 14.3. The molecule has 26 heteroatoms. The smallest absolute Gasteiger partial charge is 0.243 e. The van der Waals surface area contributed by atoms with Gasteiger partial charge in [-0.3, -0.25) is 52.9 Å². The molecule has 1 aromatic heterocycles. The van der Waals surface area contributed by atoms with Crippen LogP contribution in [-0.2, 0) is 60.8 Å². The van der Waals surface area contributed by atoms with E-state index < -0.39 is 120 Å². The SMILES string of the molecule is CC[C@H](C)[C@H](NC(=O)[C@H](Cc1ccc(O)cc1)NC(=O)[C@@H](NC(=O)[C@H](CC(C)C)NC(=O)[C@H](Cc1cnc[nH]1)NC(=O)CNC(=O)[C@H](CCCN=C(N)N)NC(C)=O)C(C)C)C(=O)N[C@@H](CCC(N)=O)C(N)=O. The third-order valence-corrected chi connectivity index (χ3v) is 11.4. The third-order valence-electron chi connectivity index (χ3n) is 11.4. The van der Waals surface area contributed by atoms with E-state index >= 15 is 0 Å². The number of aliphatic imine (C=N–C) groups is 1. The van der Waals surface area contributed by atoms with Gasteiger partial charge in [-0.25, -0.2) is 4.98 Å². The Labute approximate surface area is 424 Å². The number of guanidine groups is 1. The summed E-state index contributed by atoms with van der Waals surface area (Å²) in [4.78, 5) is 143. The van der Waals surface area contributed by atoms with Crippen LogP contribution in [0.4, 0.5) is 0 Å². The highest BCUT2D eigenvalue weighted by Crippen LogP contribution is 2.15. The molecule has 0 spiro atoms. The van der Waals surface area contributed by atoms with Crippen LogP contribution < -0.4 is 65.5 Å². The monoisotopic (exact) mass is 1030 g/mol. The Morgan fingerprint density at radius 1 is 0.671 bits per heavy atom. The minimum absolute atomic E-state index is 0.0609. The molecule has 2 rings (SSSR count). The predicted octanol–water partition coefficient (Wildman–Crippen LogP) is -3.02. The first-order chi connectivity index (χ1) is 34.3. The number of rotatable bonds is 32. The lowest BCUT2D eigenvalue weighted by Gasteiger charge is -2.30. The van der Waals surface area contributed by atoms with Gasteiger partial charge < -0.3 is 75.6 Å². The van der Waals surface area contributed by atoms with Crippen LogP contribution >= 0.6 is 0 Å². The fourth-order valence-corrected chi connectivity index (χ4v) is 7.27. The molecule has 0 unspecified atom stereocenters. The van der Waals surface area contributed by atoms with Crippen LogP contribution in [0.15, 0.2) is 41.8 Å². The van der Waals surface area contributed by atoms with E-state index in [9.17, 15) is 53.1 Å². The summed E-state index contributed by atoms with van der Waals surface area (Å²) in [5, 5.41) is 30.8. The van der Waals surface area contributed by atoms with Gasteiger partial charge >= 0.3 is 0 Å². The molecule has 2 aromatic rings. The number of nitrogens with zero attached hydrogens (tertiary/aromatic N) is 2. The van der Waals surface area contributed by atoms with Crippen molar-refractivity contribution in [3.63, 3.8) is 0 Å². The van der Waals surface area contributed by atoms with Crippen molar-refractivity contribution in [1.82, 2.24) is 52.5 Å². The number of hydrogen-bond acceptors (Lipinski definition) is 13. The van der Waals surface area contributed by atoms with Gasteiger partial charge in [-0.2, -0.15) is 0 Å². The Balaban J connectivity index is 2.37. The minimum Gasteiger partial charge on any atom is -0.508 e. The highest BCUT2D eigenvalue weighted by Gasteiger charge is 2.36. The number of carbonyl (C=O) groups is 10. The van der Waals surface area contributed by atoms with E-state index in [4.69, 9.17) is 22.9 Å². The second kappa shape index (κ2) is 30.8. The number of nitrogens with one attached hydrogen (secondary N) is 9. The summed E-state index contributed by atoms with van der Waals surface area (Å²) in [7, 11) is 0. The number of aromatic hydroxyl groups is 1. The van der Waals surface area contributed by atoms with E-state index in [1.165, 1.54) is 43.7 Å². The van der Waals surface area contributed by atoms with Crippen molar-refractivity contribution >= 4 is 65.0 Å². The molecule has 0 saturated heterocycles. The van der Waals surface area contributed by atoms with Crippen molar-refractivity contribution in [3.05, 3.63) is 48.0 Å². The molecule has 26 nitrogen and oxygen atoms in total. The van der Waals surface area contributed by atoms with Crippen LogP contribution in [0.25, 0.3) is 0 Å². The number of H-pyrrole nitrogens is 1. The molecule has 0 radical (unpaired) electrons. The van der Waals surface area contributed by atoms with Gasteiger partial charge in [0.15, 0.2) is 5.96 Å². The van der Waals surface area contributed by atoms with E-state index in [-0.39, 0.29) is 62.7 Å². The quantitative estimate of drug-likeness (QED) is 0.0197. The van der Waals surface area contributed by atoms with Crippen molar-refractivity contribution in [2.24, 2.45) is 45.7 Å². The van der Waals surface area contributed by atoms with Crippen molar-refractivity contribution in [2.45, 2.75) is 142 Å². The van der Waals surface area contributed by atoms with Gasteiger partial charge in [-0.1, -0.05) is 60.1 Å². The number of imidazole rings is 1. The number of amides is 10. The zero-order valence-corrected chi connectivity index (χ0v) is 42.5. The largest absolute Gasteiger partial charge is 0.508 e. The molecule has 1 aromatic carbocycles. The Morgan fingerprint density at radius 3 is 1.79 bits per heavy atom. The lowest BCUT2D eigenvalue weighted by Crippen LogP contribution is -2.61. The van der Waals surface area contributed by atoms with Crippen LogP contribution in [0.2, 0.25) is 0 Å². The van der Waals surface area contributed by atoms with Crippen LogP contribution in [0.5, 0.6) is 5.75 Å². The summed E-state index contributed by atoms with van der Waals surface area (Å²) in [5.74, 6) is -9.09. The Kier molecular flexibility index (Phi) is 25.9. The Hall–Kier alpha value is -7.80. The summed E-state index contributed by atoms with van der Waals surface area (Å²) in [6.07, 6.45) is 3.02. The number of primary amides is 2. The normalized spacial score (nSPS) is 14.3. The van der Waals surface area contributed by atoms with E-state index in [2.05, 4.69) is 57.5 Å². The number of hydrogen-bond donors (Lipinski definition) is 14. The summed E-state index contributed by atoms with van der Waals surface area (Å²) in [6.45, 7) is 11.2. The maximum Gasteiger partial charge on any atom is 0.243 e. The van der Waals surface area contributed by atoms with Gasteiger partial charge in [0, 0.05) is 44.6 Å². The second-order valence-corrected chi connectivity index (χ2v) is 18.5. The number of aromatic amines is 1. The lowest BCUT2D eigenvalue weighted by atomic mass is 9.96.